The van der Waals surface area contributed by atoms with E-state index in [0.717, 1.165) is 49.4 Å². The summed E-state index contributed by atoms with van der Waals surface area (Å²) in [5.41, 5.74) is 4.27. The molecule has 0 unspecified atom stereocenters. The van der Waals surface area contributed by atoms with Crippen molar-refractivity contribution in [2.45, 2.75) is 5.41 Å². The molecule has 0 radical (unpaired) electrons. The van der Waals surface area contributed by atoms with E-state index in [1.54, 1.807) is 0 Å². The van der Waals surface area contributed by atoms with Crippen LogP contribution in [0.1, 0.15) is 16.7 Å². The van der Waals surface area contributed by atoms with Crippen molar-refractivity contribution in [1.29, 1.82) is 0 Å². The van der Waals surface area contributed by atoms with E-state index in [9.17, 15) is 4.79 Å². The van der Waals surface area contributed by atoms with Crippen molar-refractivity contribution in [1.82, 2.24) is 0 Å². The first kappa shape index (κ1) is 15.9. The van der Waals surface area contributed by atoms with Crippen LogP contribution in [0, 0.1) is 0 Å². The maximum absolute atomic E-state index is 13.8. The van der Waals surface area contributed by atoms with Crippen molar-refractivity contribution < 1.29 is 9.53 Å². The van der Waals surface area contributed by atoms with E-state index in [1.807, 2.05) is 42.5 Å². The number of hydrogen-bond acceptors (Lipinski definition) is 2. The molecular weight excluding hydrogens is 368 g/mol. The molecule has 1 aliphatic heterocycles. The summed E-state index contributed by atoms with van der Waals surface area (Å²) in [5, 5.41) is 4.31. The lowest BCUT2D eigenvalue weighted by atomic mass is 9.71. The fraction of sp³-hybridized carbons (Fsp3) is 0.0357. The van der Waals surface area contributed by atoms with E-state index in [1.165, 1.54) is 0 Å². The lowest BCUT2D eigenvalue weighted by molar-refractivity contribution is -0.135. The maximum Gasteiger partial charge on any atom is 0.331 e. The number of benzene rings is 5. The van der Waals surface area contributed by atoms with Gasteiger partial charge in [-0.15, -0.1) is 0 Å². The molecule has 1 heterocycles. The predicted molar refractivity (Wildman–Crippen MR) is 119 cm³/mol. The molecule has 0 saturated heterocycles. The van der Waals surface area contributed by atoms with E-state index < -0.39 is 5.41 Å². The van der Waals surface area contributed by atoms with Crippen LogP contribution in [-0.4, -0.2) is 5.97 Å². The van der Waals surface area contributed by atoms with E-state index >= 15 is 0 Å². The Morgan fingerprint density at radius 3 is 1.63 bits per heavy atom. The molecule has 0 bridgehead atoms. The molecule has 0 N–H and O–H groups in total. The Kier molecular flexibility index (Phi) is 2.85. The Bertz CT molecular complexity index is 1500. The molecule has 0 aromatic heterocycles. The third-order valence-electron chi connectivity index (χ3n) is 6.71. The van der Waals surface area contributed by atoms with Crippen LogP contribution in [0.2, 0.25) is 0 Å². The van der Waals surface area contributed by atoms with E-state index in [4.69, 9.17) is 4.74 Å². The average Bonchev–Trinajstić information content (AvgIpc) is 3.28. The summed E-state index contributed by atoms with van der Waals surface area (Å²) < 4.78 is 6.14. The molecule has 5 aromatic carbocycles. The van der Waals surface area contributed by atoms with Gasteiger partial charge < -0.3 is 4.74 Å². The fourth-order valence-corrected chi connectivity index (χ4v) is 5.58. The third kappa shape index (κ3) is 1.66. The zero-order chi connectivity index (χ0) is 19.9. The first-order valence-electron chi connectivity index (χ1n) is 10.2. The van der Waals surface area contributed by atoms with Crippen molar-refractivity contribution in [2.75, 3.05) is 0 Å². The summed E-state index contributed by atoms with van der Waals surface area (Å²) in [6.45, 7) is 0. The number of rotatable bonds is 0. The van der Waals surface area contributed by atoms with Crippen LogP contribution in [0.25, 0.3) is 32.7 Å². The molecule has 5 aromatic rings. The van der Waals surface area contributed by atoms with E-state index in [-0.39, 0.29) is 5.97 Å². The molecule has 1 spiro atoms. The number of fused-ring (bicyclic) bond motifs is 12. The quantitative estimate of drug-likeness (QED) is 0.180. The number of carbonyl (C=O) groups is 1. The van der Waals surface area contributed by atoms with Gasteiger partial charge in [0.2, 0.25) is 0 Å². The minimum atomic E-state index is -0.938. The monoisotopic (exact) mass is 384 g/mol. The van der Waals surface area contributed by atoms with Gasteiger partial charge in [0.05, 0.1) is 0 Å². The van der Waals surface area contributed by atoms with Gasteiger partial charge in [-0.2, -0.15) is 0 Å². The molecule has 2 nitrogen and oxygen atoms in total. The molecule has 0 atom stereocenters. The summed E-state index contributed by atoms with van der Waals surface area (Å²) in [6.07, 6.45) is 0. The van der Waals surface area contributed by atoms with Gasteiger partial charge in [0.1, 0.15) is 11.2 Å². The van der Waals surface area contributed by atoms with Crippen molar-refractivity contribution in [3.63, 3.8) is 0 Å². The topological polar surface area (TPSA) is 26.3 Å². The van der Waals surface area contributed by atoms with E-state index in [0.29, 0.717) is 5.75 Å². The summed E-state index contributed by atoms with van der Waals surface area (Å²) >= 11 is 0. The lowest BCUT2D eigenvalue weighted by Crippen LogP contribution is -2.34. The van der Waals surface area contributed by atoms with Gasteiger partial charge in [-0.1, -0.05) is 97.1 Å². The summed E-state index contributed by atoms with van der Waals surface area (Å²) in [4.78, 5) is 13.8. The molecule has 2 heteroatoms. The summed E-state index contributed by atoms with van der Waals surface area (Å²) in [5.74, 6) is 0.484. The minimum Gasteiger partial charge on any atom is -0.424 e. The largest absolute Gasteiger partial charge is 0.424 e. The van der Waals surface area contributed by atoms with Gasteiger partial charge >= 0.3 is 5.97 Å². The van der Waals surface area contributed by atoms with E-state index in [2.05, 4.69) is 54.6 Å². The Morgan fingerprint density at radius 2 is 1.00 bits per heavy atom. The SMILES string of the molecule is O=C1Oc2c(c3ccccc3c3ccccc23)C12c1ccccc1-c1ccccc12. The fourth-order valence-electron chi connectivity index (χ4n) is 5.58. The number of hydrogen-bond donors (Lipinski definition) is 0. The van der Waals surface area contributed by atoms with Crippen LogP contribution >= 0.6 is 0 Å². The molecule has 7 rings (SSSR count). The van der Waals surface area contributed by atoms with Gasteiger partial charge in [0.15, 0.2) is 0 Å². The Hall–Kier alpha value is -3.91. The molecular formula is C28H16O2. The average molecular weight is 384 g/mol. The maximum atomic E-state index is 13.8. The van der Waals surface area contributed by atoms with Gasteiger partial charge in [-0.05, 0) is 38.4 Å². The molecule has 140 valence electrons. The second-order valence-corrected chi connectivity index (χ2v) is 8.03. The van der Waals surface area contributed by atoms with Gasteiger partial charge in [-0.3, -0.25) is 0 Å². The van der Waals surface area contributed by atoms with Crippen LogP contribution in [-0.2, 0) is 10.2 Å². The minimum absolute atomic E-state index is 0.212. The van der Waals surface area contributed by atoms with Crippen LogP contribution in [0.3, 0.4) is 0 Å². The Morgan fingerprint density at radius 1 is 0.533 bits per heavy atom. The third-order valence-corrected chi connectivity index (χ3v) is 6.71. The lowest BCUT2D eigenvalue weighted by Gasteiger charge is -2.25. The Balaban J connectivity index is 1.77. The molecule has 0 amide bonds. The standard InChI is InChI=1S/C28H16O2/c29-27-28(23-15-7-5-11-19(23)20-12-6-8-16-24(20)28)25-21-13-3-1-9-17(21)18-10-2-4-14-22(18)26(25)30-27/h1-16H. The van der Waals surface area contributed by atoms with Gasteiger partial charge in [0, 0.05) is 10.9 Å². The molecule has 30 heavy (non-hydrogen) atoms. The summed E-state index contributed by atoms with van der Waals surface area (Å²) in [7, 11) is 0. The highest BCUT2D eigenvalue weighted by molar-refractivity contribution is 6.19. The van der Waals surface area contributed by atoms with Gasteiger partial charge in [0.25, 0.3) is 0 Å². The number of carbonyl (C=O) groups excluding carboxylic acids is 1. The highest BCUT2D eigenvalue weighted by atomic mass is 16.5. The van der Waals surface area contributed by atoms with Crippen molar-refractivity contribution in [3.05, 3.63) is 114 Å². The first-order valence-corrected chi connectivity index (χ1v) is 10.2. The van der Waals surface area contributed by atoms with Crippen LogP contribution in [0.15, 0.2) is 97.1 Å². The Labute approximate surface area is 173 Å². The normalized spacial score (nSPS) is 15.3. The zero-order valence-corrected chi connectivity index (χ0v) is 16.1. The second kappa shape index (κ2) is 5.37. The van der Waals surface area contributed by atoms with Crippen molar-refractivity contribution in [3.8, 4) is 16.9 Å². The van der Waals surface area contributed by atoms with Crippen LogP contribution in [0.5, 0.6) is 5.75 Å². The summed E-state index contributed by atoms with van der Waals surface area (Å²) in [6, 6.07) is 33.0. The molecule has 2 aliphatic rings. The number of esters is 1. The predicted octanol–water partition coefficient (Wildman–Crippen LogP) is 6.23. The highest BCUT2D eigenvalue weighted by Gasteiger charge is 2.58. The number of ether oxygens (including phenoxy) is 1. The van der Waals surface area contributed by atoms with Crippen molar-refractivity contribution >= 4 is 27.5 Å². The van der Waals surface area contributed by atoms with Crippen LogP contribution < -0.4 is 4.74 Å². The smallest absolute Gasteiger partial charge is 0.331 e. The van der Waals surface area contributed by atoms with Crippen LogP contribution in [0.4, 0.5) is 0 Å². The first-order chi connectivity index (χ1) is 14.8. The highest BCUT2D eigenvalue weighted by Crippen LogP contribution is 2.60. The molecule has 0 fully saturated rings. The van der Waals surface area contributed by atoms with Crippen molar-refractivity contribution in [2.24, 2.45) is 0 Å². The molecule has 0 saturated carbocycles. The van der Waals surface area contributed by atoms with Gasteiger partial charge in [-0.25, -0.2) is 4.79 Å². The second-order valence-electron chi connectivity index (χ2n) is 8.03. The zero-order valence-electron chi connectivity index (χ0n) is 16.1. The molecule has 1 aliphatic carbocycles.